The maximum atomic E-state index is 13.3. The summed E-state index contributed by atoms with van der Waals surface area (Å²) in [5.41, 5.74) is -0.256. The lowest BCUT2D eigenvalue weighted by atomic mass is 10.0. The number of anilines is 1. The number of hydrogen-bond acceptors (Lipinski definition) is 4. The number of hydrogen-bond donors (Lipinski definition) is 0. The van der Waals surface area contributed by atoms with E-state index < -0.39 is 17.7 Å². The minimum absolute atomic E-state index is 0.272. The minimum atomic E-state index is -4.52. The van der Waals surface area contributed by atoms with Gasteiger partial charge in [-0.2, -0.15) is 18.3 Å². The van der Waals surface area contributed by atoms with Crippen molar-refractivity contribution in [2.75, 3.05) is 31.1 Å². The quantitative estimate of drug-likeness (QED) is 0.810. The molecular weight excluding hydrogens is 345 g/mol. The van der Waals surface area contributed by atoms with Crippen molar-refractivity contribution < 1.29 is 18.0 Å². The van der Waals surface area contributed by atoms with Crippen LogP contribution in [0.5, 0.6) is 0 Å². The highest BCUT2D eigenvalue weighted by Crippen LogP contribution is 2.33. The average Bonchev–Trinajstić information content (AvgIpc) is 2.88. The van der Waals surface area contributed by atoms with Gasteiger partial charge in [0.2, 0.25) is 0 Å². The summed E-state index contributed by atoms with van der Waals surface area (Å²) in [6, 6.07) is 3.70. The van der Waals surface area contributed by atoms with Crippen LogP contribution < -0.4 is 4.90 Å². The topological polar surface area (TPSA) is 49.3 Å². The molecule has 0 unspecified atom stereocenters. The highest BCUT2D eigenvalue weighted by Gasteiger charge is 2.38. The molecule has 5 nitrogen and oxygen atoms in total. The first-order valence-corrected chi connectivity index (χ1v) is 8.34. The molecular formula is C18H19F3N4O. The summed E-state index contributed by atoms with van der Waals surface area (Å²) >= 11 is 0. The summed E-state index contributed by atoms with van der Waals surface area (Å²) in [6.07, 6.45) is 0.851. The number of aromatic nitrogens is 2. The number of nitrogens with zero attached hydrogens (tertiary/aromatic N) is 4. The molecule has 0 bridgehead atoms. The molecule has 1 aliphatic carbocycles. The number of rotatable bonds is 2. The second-order valence-electron chi connectivity index (χ2n) is 6.19. The number of halogens is 3. The highest BCUT2D eigenvalue weighted by molar-refractivity contribution is 5.97. The van der Waals surface area contributed by atoms with Gasteiger partial charge in [0.15, 0.2) is 5.82 Å². The predicted octanol–water partition coefficient (Wildman–Crippen LogP) is 2.81. The van der Waals surface area contributed by atoms with E-state index in [4.69, 9.17) is 0 Å². The Morgan fingerprint density at radius 1 is 1.08 bits per heavy atom. The zero-order valence-corrected chi connectivity index (χ0v) is 14.3. The monoisotopic (exact) mass is 364 g/mol. The highest BCUT2D eigenvalue weighted by atomic mass is 19.4. The first-order valence-electron chi connectivity index (χ1n) is 8.34. The lowest BCUT2D eigenvalue weighted by molar-refractivity contribution is -0.128. The van der Waals surface area contributed by atoms with Gasteiger partial charge in [-0.15, -0.1) is 5.10 Å². The van der Waals surface area contributed by atoms with Gasteiger partial charge in [-0.25, -0.2) is 0 Å². The summed E-state index contributed by atoms with van der Waals surface area (Å²) in [4.78, 5) is 16.1. The molecule has 2 heterocycles. The molecule has 1 aliphatic heterocycles. The Morgan fingerprint density at radius 2 is 1.81 bits per heavy atom. The normalized spacial score (nSPS) is 18.3. The van der Waals surface area contributed by atoms with Gasteiger partial charge in [-0.3, -0.25) is 4.79 Å². The third kappa shape index (κ3) is 3.95. The molecule has 0 radical (unpaired) electrons. The Labute approximate surface area is 149 Å². The smallest absolute Gasteiger partial charge is 0.352 e. The molecule has 2 aliphatic rings. The van der Waals surface area contributed by atoms with Crippen LogP contribution in [0.15, 0.2) is 47.6 Å². The summed E-state index contributed by atoms with van der Waals surface area (Å²) < 4.78 is 39.9. The van der Waals surface area contributed by atoms with Crippen molar-refractivity contribution in [3.05, 3.63) is 53.3 Å². The van der Waals surface area contributed by atoms with Crippen LogP contribution in [0.4, 0.5) is 19.0 Å². The van der Waals surface area contributed by atoms with Crippen LogP contribution >= 0.6 is 0 Å². The Morgan fingerprint density at radius 3 is 2.42 bits per heavy atom. The number of amides is 1. The van der Waals surface area contributed by atoms with E-state index in [1.807, 2.05) is 24.0 Å². The Bertz CT molecular complexity index is 758. The van der Waals surface area contributed by atoms with E-state index in [0.717, 1.165) is 5.69 Å². The van der Waals surface area contributed by atoms with Gasteiger partial charge in [0, 0.05) is 37.3 Å². The van der Waals surface area contributed by atoms with Crippen LogP contribution in [0.25, 0.3) is 0 Å². The van der Waals surface area contributed by atoms with Crippen LogP contribution in [0, 0.1) is 6.92 Å². The molecule has 0 saturated carbocycles. The van der Waals surface area contributed by atoms with Crippen molar-refractivity contribution in [2.45, 2.75) is 19.5 Å². The molecule has 1 amide bonds. The van der Waals surface area contributed by atoms with Crippen LogP contribution in [0.1, 0.15) is 12.1 Å². The van der Waals surface area contributed by atoms with Crippen molar-refractivity contribution in [1.82, 2.24) is 15.1 Å². The van der Waals surface area contributed by atoms with E-state index in [-0.39, 0.29) is 12.0 Å². The van der Waals surface area contributed by atoms with Crippen LogP contribution in [0.2, 0.25) is 0 Å². The van der Waals surface area contributed by atoms with Gasteiger partial charge < -0.3 is 9.80 Å². The summed E-state index contributed by atoms with van der Waals surface area (Å²) in [7, 11) is 0. The molecule has 1 saturated heterocycles. The van der Waals surface area contributed by atoms with Crippen molar-refractivity contribution >= 4 is 11.7 Å². The van der Waals surface area contributed by atoms with Crippen molar-refractivity contribution in [2.24, 2.45) is 0 Å². The predicted molar refractivity (Wildman–Crippen MR) is 91.5 cm³/mol. The van der Waals surface area contributed by atoms with Crippen LogP contribution in [-0.2, 0) is 4.79 Å². The second-order valence-corrected chi connectivity index (χ2v) is 6.19. The van der Waals surface area contributed by atoms with E-state index in [1.165, 1.54) is 29.2 Å². The van der Waals surface area contributed by atoms with Gasteiger partial charge >= 0.3 is 6.18 Å². The van der Waals surface area contributed by atoms with Gasteiger partial charge in [-0.05, 0) is 31.6 Å². The van der Waals surface area contributed by atoms with Crippen LogP contribution in [-0.4, -0.2) is 53.4 Å². The zero-order valence-electron chi connectivity index (χ0n) is 14.3. The van der Waals surface area contributed by atoms with Gasteiger partial charge in [0.25, 0.3) is 5.91 Å². The van der Waals surface area contributed by atoms with Gasteiger partial charge in [-0.1, -0.05) is 18.2 Å². The Balaban J connectivity index is 1.73. The fourth-order valence-electron chi connectivity index (χ4n) is 2.97. The molecule has 1 aromatic heterocycles. The van der Waals surface area contributed by atoms with Gasteiger partial charge in [0.1, 0.15) is 0 Å². The second kappa shape index (κ2) is 7.31. The molecule has 1 fully saturated rings. The summed E-state index contributed by atoms with van der Waals surface area (Å²) in [5, 5.41) is 8.12. The van der Waals surface area contributed by atoms with Crippen LogP contribution in [0.3, 0.4) is 0 Å². The first-order chi connectivity index (χ1) is 12.4. The van der Waals surface area contributed by atoms with E-state index >= 15 is 0 Å². The van der Waals surface area contributed by atoms with Crippen molar-refractivity contribution in [3.8, 4) is 0 Å². The third-order valence-electron chi connectivity index (χ3n) is 4.40. The zero-order chi connectivity index (χ0) is 18.7. The molecule has 0 aromatic carbocycles. The maximum absolute atomic E-state index is 13.3. The number of allylic oxidation sites excluding steroid dienone is 4. The van der Waals surface area contributed by atoms with Crippen molar-refractivity contribution in [3.63, 3.8) is 0 Å². The lowest BCUT2D eigenvalue weighted by Gasteiger charge is -2.35. The Hall–Kier alpha value is -2.64. The summed E-state index contributed by atoms with van der Waals surface area (Å²) in [5.74, 6) is 0.128. The van der Waals surface area contributed by atoms with Gasteiger partial charge in [0.05, 0.1) is 5.69 Å². The first kappa shape index (κ1) is 18.2. The number of carbonyl (C=O) groups is 1. The number of alkyl halides is 3. The van der Waals surface area contributed by atoms with E-state index in [9.17, 15) is 18.0 Å². The molecule has 0 N–H and O–H groups in total. The Kier molecular flexibility index (Phi) is 5.11. The lowest BCUT2D eigenvalue weighted by Crippen LogP contribution is -2.49. The fraction of sp³-hybridized carbons (Fsp3) is 0.389. The van der Waals surface area contributed by atoms with E-state index in [0.29, 0.717) is 32.0 Å². The average molecular weight is 364 g/mol. The molecule has 26 heavy (non-hydrogen) atoms. The largest absolute Gasteiger partial charge is 0.413 e. The fourth-order valence-corrected chi connectivity index (χ4v) is 2.97. The molecule has 8 heteroatoms. The molecule has 3 rings (SSSR count). The SMILES string of the molecule is Cc1ccc(N2CCN(C(=O)C3=C(C(F)(F)F)CC=CC=C3)CC2)nn1. The number of aryl methyl sites for hydroxylation is 1. The van der Waals surface area contributed by atoms with Crippen molar-refractivity contribution in [1.29, 1.82) is 0 Å². The standard InChI is InChI=1S/C18H19F3N4O/c1-13-7-8-16(23-22-13)24-9-11-25(12-10-24)17(26)14-5-3-2-4-6-15(14)18(19,20)21/h2-5,7-8H,6,9-12H2,1H3. The van der Waals surface area contributed by atoms with E-state index in [2.05, 4.69) is 10.2 Å². The number of carbonyl (C=O) groups excluding carboxylic acids is 1. The maximum Gasteiger partial charge on any atom is 0.413 e. The minimum Gasteiger partial charge on any atom is -0.352 e. The number of piperazine rings is 1. The molecule has 138 valence electrons. The third-order valence-corrected chi connectivity index (χ3v) is 4.40. The molecule has 0 atom stereocenters. The molecule has 0 spiro atoms. The summed E-state index contributed by atoms with van der Waals surface area (Å²) in [6.45, 7) is 3.52. The molecule has 1 aromatic rings. The van der Waals surface area contributed by atoms with E-state index in [1.54, 1.807) is 0 Å².